The summed E-state index contributed by atoms with van der Waals surface area (Å²) in [5.74, 6) is -1.29. The normalized spacial score (nSPS) is 10.1. The number of halogens is 1. The van der Waals surface area contributed by atoms with E-state index in [2.05, 4.69) is 20.8 Å². The fourth-order valence-electron chi connectivity index (χ4n) is 1.66. The van der Waals surface area contributed by atoms with Crippen LogP contribution in [0.5, 0.6) is 0 Å². The molecule has 0 bridgehead atoms. The molecule has 0 atom stereocenters. The van der Waals surface area contributed by atoms with E-state index in [4.69, 9.17) is 16.7 Å². The first-order valence-electron chi connectivity index (χ1n) is 7.23. The van der Waals surface area contributed by atoms with Crippen molar-refractivity contribution in [3.63, 3.8) is 0 Å². The molecule has 1 radical (unpaired) electrons. The maximum absolute atomic E-state index is 9.24. The summed E-state index contributed by atoms with van der Waals surface area (Å²) in [5, 5.41) is 7.59. The standard InChI is InChI=1S/3C4H9.C2H3ClO2.Pb/c3*1-3-4-2;3-1-2(4)5;/h3*1,3-4H2,2H3;1H2,(H,4,5);. The van der Waals surface area contributed by atoms with Gasteiger partial charge in [0.1, 0.15) is 5.88 Å². The molecule has 0 aliphatic rings. The van der Waals surface area contributed by atoms with Gasteiger partial charge in [-0.3, -0.25) is 4.79 Å². The Bertz CT molecular complexity index is 158. The van der Waals surface area contributed by atoms with E-state index in [-0.39, 0.29) is 5.88 Å². The zero-order valence-electron chi connectivity index (χ0n) is 12.3. The Morgan fingerprint density at radius 2 is 1.22 bits per heavy atom. The van der Waals surface area contributed by atoms with Crippen LogP contribution in [0, 0.1) is 0 Å². The van der Waals surface area contributed by atoms with Crippen molar-refractivity contribution in [1.82, 2.24) is 0 Å². The SMILES string of the molecule is CCC[CH2][Pb]([CH2]CCC)[CH2]CCC.O=C(O)CCl. The Balaban J connectivity index is 0. The number of carboxylic acid groups (broad SMARTS) is 1. The predicted molar refractivity (Wildman–Crippen MR) is 83.3 cm³/mol. The number of rotatable bonds is 10. The zero-order valence-corrected chi connectivity index (χ0v) is 16.9. The second-order valence-electron chi connectivity index (χ2n) is 4.59. The molecule has 0 saturated heterocycles. The molecule has 0 aliphatic heterocycles. The third kappa shape index (κ3) is 19.0. The van der Waals surface area contributed by atoms with Gasteiger partial charge < -0.3 is 5.11 Å². The second kappa shape index (κ2) is 17.7. The predicted octanol–water partition coefficient (Wildman–Crippen LogP) is 5.19. The fraction of sp³-hybridized carbons (Fsp3) is 0.929. The van der Waals surface area contributed by atoms with Gasteiger partial charge in [0, 0.05) is 0 Å². The average Bonchev–Trinajstić information content (AvgIpc) is 2.38. The van der Waals surface area contributed by atoms with E-state index in [1.165, 1.54) is 38.5 Å². The molecule has 0 unspecified atom stereocenters. The molecule has 0 spiro atoms. The summed E-state index contributed by atoms with van der Waals surface area (Å²) >= 11 is 3.74. The summed E-state index contributed by atoms with van der Waals surface area (Å²) in [6.07, 6.45) is 8.88. The molecule has 18 heavy (non-hydrogen) atoms. The summed E-state index contributed by atoms with van der Waals surface area (Å²) in [4.78, 5) is 9.24. The topological polar surface area (TPSA) is 37.3 Å². The van der Waals surface area contributed by atoms with Crippen molar-refractivity contribution in [2.24, 2.45) is 0 Å². The van der Waals surface area contributed by atoms with E-state index in [0.29, 0.717) is 0 Å². The van der Waals surface area contributed by atoms with E-state index in [1.54, 1.807) is 11.9 Å². The first kappa shape index (κ1) is 21.0. The zero-order chi connectivity index (χ0) is 14.2. The number of carbonyl (C=O) groups is 1. The number of hydrogen-bond acceptors (Lipinski definition) is 1. The van der Waals surface area contributed by atoms with Crippen LogP contribution in [0.25, 0.3) is 0 Å². The Kier molecular flexibility index (Phi) is 20.6. The van der Waals surface area contributed by atoms with Gasteiger partial charge in [0.25, 0.3) is 0 Å². The summed E-state index contributed by atoms with van der Waals surface area (Å²) in [6.45, 7) is 7.01. The Morgan fingerprint density at radius 1 is 0.944 bits per heavy atom. The van der Waals surface area contributed by atoms with Gasteiger partial charge in [0.2, 0.25) is 0 Å². The van der Waals surface area contributed by atoms with Crippen molar-refractivity contribution >= 4 is 40.3 Å². The summed E-state index contributed by atoms with van der Waals surface area (Å²) < 4.78 is 5.09. The molecule has 0 fully saturated rings. The van der Waals surface area contributed by atoms with E-state index in [0.717, 1.165) is 0 Å². The quantitative estimate of drug-likeness (QED) is 0.351. The molecule has 0 aromatic carbocycles. The molecule has 2 nitrogen and oxygen atoms in total. The van der Waals surface area contributed by atoms with Crippen molar-refractivity contribution in [1.29, 1.82) is 0 Å². The third-order valence-corrected chi connectivity index (χ3v) is 15.4. The Labute approximate surface area is 127 Å². The third-order valence-electron chi connectivity index (χ3n) is 2.77. The van der Waals surface area contributed by atoms with E-state index >= 15 is 0 Å². The number of hydrogen-bond donors (Lipinski definition) is 1. The van der Waals surface area contributed by atoms with Gasteiger partial charge in [-0.15, -0.1) is 11.6 Å². The van der Waals surface area contributed by atoms with Crippen LogP contribution in [0.4, 0.5) is 0 Å². The maximum Gasteiger partial charge on any atom is 0.318 e. The number of aliphatic carboxylic acids is 1. The van der Waals surface area contributed by atoms with Gasteiger partial charge in [-0.05, 0) is 0 Å². The molecular weight excluding hydrogens is 443 g/mol. The number of carboxylic acids is 1. The molecule has 4 heteroatoms. The van der Waals surface area contributed by atoms with Gasteiger partial charge in [-0.2, -0.15) is 0 Å². The van der Waals surface area contributed by atoms with Crippen molar-refractivity contribution in [2.75, 3.05) is 5.88 Å². The summed E-state index contributed by atoms with van der Waals surface area (Å²) in [5.41, 5.74) is 0. The molecule has 0 saturated carbocycles. The van der Waals surface area contributed by atoms with Crippen LogP contribution in [0.15, 0.2) is 0 Å². The monoisotopic (exact) mass is 473 g/mol. The first-order valence-corrected chi connectivity index (χ1v) is 16.0. The van der Waals surface area contributed by atoms with E-state index < -0.39 is 28.7 Å². The minimum Gasteiger partial charge on any atom is -0.480 e. The second-order valence-corrected chi connectivity index (χ2v) is 16.5. The van der Waals surface area contributed by atoms with Crippen LogP contribution in [-0.2, 0) is 4.79 Å². The van der Waals surface area contributed by atoms with Gasteiger partial charge in [-0.1, -0.05) is 0 Å². The molecule has 0 amide bonds. The van der Waals surface area contributed by atoms with E-state index in [9.17, 15) is 4.79 Å². The Hall–Kier alpha value is 0.682. The number of unbranched alkanes of at least 4 members (excludes halogenated alkanes) is 3. The minimum absolute atomic E-state index is 0.306. The van der Waals surface area contributed by atoms with Crippen LogP contribution < -0.4 is 0 Å². The van der Waals surface area contributed by atoms with Crippen LogP contribution >= 0.6 is 11.6 Å². The van der Waals surface area contributed by atoms with Crippen molar-refractivity contribution < 1.29 is 9.90 Å². The van der Waals surface area contributed by atoms with Crippen molar-refractivity contribution in [3.05, 3.63) is 0 Å². The molecular formula is C14H30ClO2Pb. The number of alkyl halides is 1. The van der Waals surface area contributed by atoms with Gasteiger partial charge >= 0.3 is 99.9 Å². The molecule has 0 aliphatic carbocycles. The van der Waals surface area contributed by atoms with Gasteiger partial charge in [0.15, 0.2) is 0 Å². The van der Waals surface area contributed by atoms with Crippen molar-refractivity contribution in [3.8, 4) is 0 Å². The van der Waals surface area contributed by atoms with E-state index in [1.807, 2.05) is 0 Å². The van der Waals surface area contributed by atoms with Gasteiger partial charge in [0.05, 0.1) is 0 Å². The molecule has 0 rings (SSSR count). The maximum atomic E-state index is 9.24. The molecule has 1 N–H and O–H groups in total. The molecule has 109 valence electrons. The van der Waals surface area contributed by atoms with Crippen LogP contribution in [0.3, 0.4) is 0 Å². The largest absolute Gasteiger partial charge is 0.480 e. The first-order chi connectivity index (χ1) is 8.62. The van der Waals surface area contributed by atoms with Crippen molar-refractivity contribution in [2.45, 2.75) is 71.2 Å². The molecule has 0 aromatic rings. The summed E-state index contributed by atoms with van der Waals surface area (Å²) in [6, 6.07) is 0. The Morgan fingerprint density at radius 3 is 1.39 bits per heavy atom. The fourth-order valence-corrected chi connectivity index (χ4v) is 14.5. The van der Waals surface area contributed by atoms with Crippen LogP contribution in [0.1, 0.15) is 59.3 Å². The van der Waals surface area contributed by atoms with Crippen LogP contribution in [-0.4, -0.2) is 39.7 Å². The molecule has 0 heterocycles. The minimum atomic E-state index is -0.995. The average molecular weight is 473 g/mol. The molecule has 0 aromatic heterocycles. The van der Waals surface area contributed by atoms with Gasteiger partial charge in [-0.25, -0.2) is 0 Å². The smallest absolute Gasteiger partial charge is 0.318 e. The van der Waals surface area contributed by atoms with Crippen LogP contribution in [0.2, 0.25) is 11.9 Å². The summed E-state index contributed by atoms with van der Waals surface area (Å²) in [7, 11) is 0.